The van der Waals surface area contributed by atoms with Crippen LogP contribution in [0.25, 0.3) is 0 Å². The molecular weight excluding hydrogens is 475 g/mol. The fraction of sp³-hybridized carbons (Fsp3) is 0.786. The maximum absolute atomic E-state index is 14.0. The average molecular weight is 519 g/mol. The van der Waals surface area contributed by atoms with Gasteiger partial charge in [-0.1, -0.05) is 82.8 Å². The van der Waals surface area contributed by atoms with E-state index in [2.05, 4.69) is 11.7 Å². The third-order valence-electron chi connectivity index (χ3n) is 8.43. The molecule has 35 heavy (non-hydrogen) atoms. The summed E-state index contributed by atoms with van der Waals surface area (Å²) in [6.07, 6.45) is 11.4. The molecule has 0 N–H and O–H groups in total. The van der Waals surface area contributed by atoms with Crippen LogP contribution >= 0.6 is 0 Å². The molecule has 0 radical (unpaired) electrons. The van der Waals surface area contributed by atoms with Crippen LogP contribution in [0.4, 0.5) is 22.0 Å². The summed E-state index contributed by atoms with van der Waals surface area (Å²) < 4.78 is 69.1. The highest BCUT2D eigenvalue weighted by Crippen LogP contribution is 2.42. The van der Waals surface area contributed by atoms with Crippen LogP contribution in [-0.2, 0) is 6.42 Å². The number of rotatable bonds is 12. The molecule has 2 aliphatic rings. The van der Waals surface area contributed by atoms with E-state index in [9.17, 15) is 22.0 Å². The SMILES string of the molecule is CCCCC[SiH]1CCC([C@H]2CC[C@H](CCCCc3cc(F)c(OCC(F)(F)F)c(F)c3)CC2)CC1. The van der Waals surface area contributed by atoms with E-state index in [0.29, 0.717) is 12.0 Å². The van der Waals surface area contributed by atoms with Crippen molar-refractivity contribution >= 4 is 8.80 Å². The standard InChI is InChI=1S/C28H43F5OSi/c1-2-3-6-15-35-16-13-24(14-17-35)23-11-9-21(10-12-23)7-4-5-8-22-18-25(29)27(26(30)19-22)34-20-28(31,32)33/h18-19,21,23-24,35H,2-17,20H2,1H3/t21-,23-,24?,35?. The van der Waals surface area contributed by atoms with Crippen LogP contribution in [0.2, 0.25) is 18.1 Å². The van der Waals surface area contributed by atoms with Crippen LogP contribution in [0, 0.1) is 29.4 Å². The zero-order chi connectivity index (χ0) is 25.3. The summed E-state index contributed by atoms with van der Waals surface area (Å²) in [5, 5.41) is 0. The molecule has 1 nitrogen and oxygen atoms in total. The number of alkyl halides is 3. The number of benzene rings is 1. The van der Waals surface area contributed by atoms with Gasteiger partial charge in [-0.25, -0.2) is 8.78 Å². The second-order valence-electron chi connectivity index (χ2n) is 11.1. The monoisotopic (exact) mass is 518 g/mol. The molecule has 0 unspecified atom stereocenters. The maximum Gasteiger partial charge on any atom is 0.422 e. The fourth-order valence-corrected chi connectivity index (χ4v) is 9.92. The third kappa shape index (κ3) is 9.69. The van der Waals surface area contributed by atoms with E-state index in [1.807, 2.05) is 0 Å². The van der Waals surface area contributed by atoms with Crippen LogP contribution < -0.4 is 4.74 Å². The number of aryl methyl sites for hydroxylation is 1. The Bertz CT molecular complexity index is 729. The summed E-state index contributed by atoms with van der Waals surface area (Å²) in [6.45, 7) is 0.587. The van der Waals surface area contributed by atoms with Crippen molar-refractivity contribution in [1.29, 1.82) is 0 Å². The Hall–Kier alpha value is -1.11. The number of hydrogen-bond donors (Lipinski definition) is 0. The van der Waals surface area contributed by atoms with Gasteiger partial charge >= 0.3 is 6.18 Å². The molecule has 0 aromatic heterocycles. The number of hydrogen-bond acceptors (Lipinski definition) is 1. The molecule has 3 rings (SSSR count). The molecule has 0 bridgehead atoms. The summed E-state index contributed by atoms with van der Waals surface area (Å²) >= 11 is 0. The number of unbranched alkanes of at least 4 members (excludes halogenated alkanes) is 3. The van der Waals surface area contributed by atoms with Gasteiger partial charge < -0.3 is 4.74 Å². The van der Waals surface area contributed by atoms with E-state index in [1.165, 1.54) is 57.8 Å². The molecule has 2 fully saturated rings. The van der Waals surface area contributed by atoms with Crippen LogP contribution in [-0.4, -0.2) is 21.6 Å². The highest BCUT2D eigenvalue weighted by molar-refractivity contribution is 6.58. The van der Waals surface area contributed by atoms with E-state index < -0.39 is 39.0 Å². The molecule has 1 saturated heterocycles. The van der Waals surface area contributed by atoms with Crippen molar-refractivity contribution in [2.75, 3.05) is 6.61 Å². The minimum atomic E-state index is -4.63. The predicted octanol–water partition coefficient (Wildman–Crippen LogP) is 9.25. The first-order valence-electron chi connectivity index (χ1n) is 13.9. The largest absolute Gasteiger partial charge is 0.478 e. The Kier molecular flexibility index (Phi) is 11.4. The topological polar surface area (TPSA) is 9.23 Å². The normalized spacial score (nSPS) is 25.5. The molecule has 7 heteroatoms. The van der Waals surface area contributed by atoms with E-state index >= 15 is 0 Å². The molecule has 1 aromatic rings. The lowest BCUT2D eigenvalue weighted by Crippen LogP contribution is -2.28. The summed E-state index contributed by atoms with van der Waals surface area (Å²) in [7, 11) is -0.428. The lowest BCUT2D eigenvalue weighted by Gasteiger charge is -2.37. The van der Waals surface area contributed by atoms with E-state index in [0.717, 1.165) is 49.1 Å². The van der Waals surface area contributed by atoms with Crippen molar-refractivity contribution < 1.29 is 26.7 Å². The highest BCUT2D eigenvalue weighted by Gasteiger charge is 2.31. The first-order chi connectivity index (χ1) is 16.7. The zero-order valence-electron chi connectivity index (χ0n) is 21.3. The van der Waals surface area contributed by atoms with Crippen molar-refractivity contribution in [3.8, 4) is 5.75 Å². The molecule has 0 amide bonds. The lowest BCUT2D eigenvalue weighted by atomic mass is 9.73. The number of halogens is 5. The van der Waals surface area contributed by atoms with E-state index in [4.69, 9.17) is 0 Å². The van der Waals surface area contributed by atoms with Crippen molar-refractivity contribution in [2.45, 2.75) is 115 Å². The van der Waals surface area contributed by atoms with Gasteiger partial charge in [0.1, 0.15) is 0 Å². The van der Waals surface area contributed by atoms with E-state index in [-0.39, 0.29) is 0 Å². The predicted molar refractivity (Wildman–Crippen MR) is 135 cm³/mol. The summed E-state index contributed by atoms with van der Waals surface area (Å²) in [6, 6.07) is 6.92. The Labute approximate surface area is 209 Å². The fourth-order valence-electron chi connectivity index (χ4n) is 6.39. The number of ether oxygens (including phenoxy) is 1. The molecular formula is C28H43F5OSi. The van der Waals surface area contributed by atoms with Crippen molar-refractivity contribution in [3.05, 3.63) is 29.3 Å². The maximum atomic E-state index is 14.0. The van der Waals surface area contributed by atoms with Crippen molar-refractivity contribution in [3.63, 3.8) is 0 Å². The van der Waals surface area contributed by atoms with Gasteiger partial charge in [0.25, 0.3) is 0 Å². The second-order valence-corrected chi connectivity index (χ2v) is 14.6. The smallest absolute Gasteiger partial charge is 0.422 e. The average Bonchev–Trinajstić information content (AvgIpc) is 2.82. The minimum Gasteiger partial charge on any atom is -0.478 e. The van der Waals surface area contributed by atoms with Crippen LogP contribution in [0.1, 0.15) is 89.5 Å². The molecule has 200 valence electrons. The lowest BCUT2D eigenvalue weighted by molar-refractivity contribution is -0.154. The Morgan fingerprint density at radius 2 is 1.49 bits per heavy atom. The van der Waals surface area contributed by atoms with Gasteiger partial charge in [0.15, 0.2) is 24.0 Å². The van der Waals surface area contributed by atoms with Crippen LogP contribution in [0.5, 0.6) is 5.75 Å². The van der Waals surface area contributed by atoms with E-state index in [1.54, 1.807) is 18.1 Å². The van der Waals surface area contributed by atoms with Crippen molar-refractivity contribution in [2.24, 2.45) is 17.8 Å². The first-order valence-corrected chi connectivity index (χ1v) is 16.4. The first kappa shape index (κ1) is 28.5. The van der Waals surface area contributed by atoms with Crippen LogP contribution in [0.15, 0.2) is 12.1 Å². The Morgan fingerprint density at radius 1 is 0.857 bits per heavy atom. The highest BCUT2D eigenvalue weighted by atomic mass is 28.3. The molecule has 0 spiro atoms. The van der Waals surface area contributed by atoms with Crippen molar-refractivity contribution in [1.82, 2.24) is 0 Å². The van der Waals surface area contributed by atoms with Gasteiger partial charge in [-0.05, 0) is 61.1 Å². The van der Waals surface area contributed by atoms with Gasteiger partial charge in [-0.15, -0.1) is 0 Å². The van der Waals surface area contributed by atoms with Gasteiger partial charge in [0, 0.05) is 8.80 Å². The quantitative estimate of drug-likeness (QED) is 0.152. The molecule has 1 saturated carbocycles. The zero-order valence-corrected chi connectivity index (χ0v) is 22.4. The molecule has 1 heterocycles. The Balaban J connectivity index is 1.31. The molecule has 1 aliphatic carbocycles. The Morgan fingerprint density at radius 3 is 2.09 bits per heavy atom. The molecule has 1 aliphatic heterocycles. The second kappa shape index (κ2) is 14.0. The molecule has 1 aromatic carbocycles. The van der Waals surface area contributed by atoms with Gasteiger partial charge in [0.2, 0.25) is 0 Å². The summed E-state index contributed by atoms with van der Waals surface area (Å²) in [5.74, 6) is -0.423. The van der Waals surface area contributed by atoms with Crippen LogP contribution in [0.3, 0.4) is 0 Å². The minimum absolute atomic E-state index is 0.428. The third-order valence-corrected chi connectivity index (χ3v) is 12.0. The van der Waals surface area contributed by atoms with Gasteiger partial charge in [-0.3, -0.25) is 0 Å². The summed E-state index contributed by atoms with van der Waals surface area (Å²) in [4.78, 5) is 0. The summed E-state index contributed by atoms with van der Waals surface area (Å²) in [5.41, 5.74) is 0.469. The van der Waals surface area contributed by atoms with Gasteiger partial charge in [0.05, 0.1) is 0 Å². The molecule has 0 atom stereocenters. The van der Waals surface area contributed by atoms with Gasteiger partial charge in [-0.2, -0.15) is 13.2 Å².